The lowest BCUT2D eigenvalue weighted by molar-refractivity contribution is 0.421. The highest BCUT2D eigenvalue weighted by atomic mass is 15.1. The van der Waals surface area contributed by atoms with Crippen molar-refractivity contribution in [1.29, 1.82) is 0 Å². The lowest BCUT2D eigenvalue weighted by Crippen LogP contribution is -2.35. The lowest BCUT2D eigenvalue weighted by Gasteiger charge is -2.24. The number of hydrogen-bond acceptors (Lipinski definition) is 3. The fourth-order valence-electron chi connectivity index (χ4n) is 2.21. The smallest absolute Gasteiger partial charge is 0.0562 e. The molecule has 2 rings (SSSR count). The Bertz CT molecular complexity index is 558. The first-order valence-corrected chi connectivity index (χ1v) is 7.52. The van der Waals surface area contributed by atoms with Gasteiger partial charge in [0.15, 0.2) is 0 Å². The second-order valence-electron chi connectivity index (χ2n) is 6.19. The van der Waals surface area contributed by atoms with Crippen LogP contribution in [0, 0.1) is 0 Å². The highest BCUT2D eigenvalue weighted by molar-refractivity contribution is 5.62. The van der Waals surface area contributed by atoms with Gasteiger partial charge in [-0.05, 0) is 52.0 Å². The number of hydrogen-bond donors (Lipinski definition) is 1. The molecule has 1 N–H and O–H groups in total. The van der Waals surface area contributed by atoms with E-state index in [1.54, 1.807) is 0 Å². The van der Waals surface area contributed by atoms with Gasteiger partial charge in [-0.25, -0.2) is 0 Å². The summed E-state index contributed by atoms with van der Waals surface area (Å²) in [4.78, 5) is 6.76. The van der Waals surface area contributed by atoms with Crippen molar-refractivity contribution >= 4 is 11.4 Å². The molecule has 2 aromatic rings. The molecule has 0 fully saturated rings. The second-order valence-corrected chi connectivity index (χ2v) is 6.19. The first-order chi connectivity index (χ1) is 9.99. The molecular formula is C18H25N3. The minimum absolute atomic E-state index is 0.0988. The van der Waals surface area contributed by atoms with E-state index < -0.39 is 0 Å². The van der Waals surface area contributed by atoms with Crippen LogP contribution in [0.3, 0.4) is 0 Å². The summed E-state index contributed by atoms with van der Waals surface area (Å²) in [6, 6.07) is 14.7. The molecule has 0 aliphatic carbocycles. The Kier molecular flexibility index (Phi) is 4.97. The monoisotopic (exact) mass is 283 g/mol. The number of nitrogens with zero attached hydrogens (tertiary/aromatic N) is 2. The fourth-order valence-corrected chi connectivity index (χ4v) is 2.21. The van der Waals surface area contributed by atoms with Crippen molar-refractivity contribution in [2.75, 3.05) is 11.4 Å². The molecule has 0 radical (unpaired) electrons. The van der Waals surface area contributed by atoms with Gasteiger partial charge in [-0.15, -0.1) is 0 Å². The van der Waals surface area contributed by atoms with E-state index in [9.17, 15) is 0 Å². The van der Waals surface area contributed by atoms with Crippen LogP contribution in [0.4, 0.5) is 11.4 Å². The molecule has 112 valence electrons. The Morgan fingerprint density at radius 3 is 2.38 bits per heavy atom. The summed E-state index contributed by atoms with van der Waals surface area (Å²) in [5.41, 5.74) is 3.56. The van der Waals surface area contributed by atoms with Crippen LogP contribution in [-0.2, 0) is 6.54 Å². The number of aromatic nitrogens is 1. The molecule has 3 heteroatoms. The third kappa shape index (κ3) is 4.57. The number of pyridine rings is 1. The molecule has 0 saturated carbocycles. The van der Waals surface area contributed by atoms with Crippen molar-refractivity contribution in [1.82, 2.24) is 10.3 Å². The Balaban J connectivity index is 2.19. The quantitative estimate of drug-likeness (QED) is 0.894. The Morgan fingerprint density at radius 1 is 1.05 bits per heavy atom. The molecule has 0 bridgehead atoms. The summed E-state index contributed by atoms with van der Waals surface area (Å²) < 4.78 is 0. The number of benzene rings is 1. The third-order valence-electron chi connectivity index (χ3n) is 3.30. The van der Waals surface area contributed by atoms with Gasteiger partial charge in [0.25, 0.3) is 0 Å². The molecule has 1 aromatic carbocycles. The Hall–Kier alpha value is -1.87. The van der Waals surface area contributed by atoms with Crippen molar-refractivity contribution in [3.05, 3.63) is 54.4 Å². The Morgan fingerprint density at radius 2 is 1.76 bits per heavy atom. The standard InChI is InChI=1S/C18H25N3/c1-5-21(16-9-7-6-8-10-16)17-11-12-19-15(13-17)14-20-18(2,3)4/h6-13,20H,5,14H2,1-4H3. The predicted octanol–water partition coefficient (Wildman–Crippen LogP) is 4.13. The molecule has 1 heterocycles. The lowest BCUT2D eigenvalue weighted by atomic mass is 10.1. The highest BCUT2D eigenvalue weighted by Gasteiger charge is 2.11. The summed E-state index contributed by atoms with van der Waals surface area (Å²) in [6.45, 7) is 10.4. The van der Waals surface area contributed by atoms with Crippen molar-refractivity contribution in [3.8, 4) is 0 Å². The molecule has 0 unspecified atom stereocenters. The molecule has 0 spiro atoms. The molecule has 3 nitrogen and oxygen atoms in total. The molecule has 21 heavy (non-hydrogen) atoms. The van der Waals surface area contributed by atoms with Crippen molar-refractivity contribution in [3.63, 3.8) is 0 Å². The maximum absolute atomic E-state index is 4.46. The van der Waals surface area contributed by atoms with Crippen molar-refractivity contribution < 1.29 is 0 Å². The molecule has 0 aliphatic rings. The topological polar surface area (TPSA) is 28.2 Å². The maximum Gasteiger partial charge on any atom is 0.0562 e. The summed E-state index contributed by atoms with van der Waals surface area (Å²) in [7, 11) is 0. The van der Waals surface area contributed by atoms with Gasteiger partial charge in [-0.1, -0.05) is 18.2 Å². The van der Waals surface area contributed by atoms with E-state index >= 15 is 0 Å². The van der Waals surface area contributed by atoms with Crippen LogP contribution in [0.1, 0.15) is 33.4 Å². The van der Waals surface area contributed by atoms with Gasteiger partial charge in [0.05, 0.1) is 5.69 Å². The summed E-state index contributed by atoms with van der Waals surface area (Å²) in [6.07, 6.45) is 1.89. The van der Waals surface area contributed by atoms with E-state index in [2.05, 4.69) is 79.3 Å². The van der Waals surface area contributed by atoms with Crippen LogP contribution in [0.25, 0.3) is 0 Å². The van der Waals surface area contributed by atoms with E-state index in [4.69, 9.17) is 0 Å². The predicted molar refractivity (Wildman–Crippen MR) is 90.0 cm³/mol. The van der Waals surface area contributed by atoms with Gasteiger partial charge >= 0.3 is 0 Å². The number of anilines is 2. The fraction of sp³-hybridized carbons (Fsp3) is 0.389. The SMILES string of the molecule is CCN(c1ccccc1)c1ccnc(CNC(C)(C)C)c1. The maximum atomic E-state index is 4.46. The zero-order chi connectivity index (χ0) is 15.3. The third-order valence-corrected chi connectivity index (χ3v) is 3.30. The van der Waals surface area contributed by atoms with E-state index in [0.717, 1.165) is 18.8 Å². The zero-order valence-electron chi connectivity index (χ0n) is 13.4. The molecule has 0 aliphatic heterocycles. The Labute approximate surface area is 128 Å². The van der Waals surface area contributed by atoms with Crippen LogP contribution in [0.15, 0.2) is 48.7 Å². The van der Waals surface area contributed by atoms with E-state index in [0.29, 0.717) is 0 Å². The van der Waals surface area contributed by atoms with E-state index in [1.807, 2.05) is 12.3 Å². The average molecular weight is 283 g/mol. The highest BCUT2D eigenvalue weighted by Crippen LogP contribution is 2.24. The van der Waals surface area contributed by atoms with Crippen LogP contribution in [0.5, 0.6) is 0 Å². The van der Waals surface area contributed by atoms with Crippen molar-refractivity contribution in [2.24, 2.45) is 0 Å². The van der Waals surface area contributed by atoms with Gasteiger partial charge in [-0.2, -0.15) is 0 Å². The van der Waals surface area contributed by atoms with E-state index in [1.165, 1.54) is 11.4 Å². The molecule has 1 aromatic heterocycles. The van der Waals surface area contributed by atoms with Gasteiger partial charge < -0.3 is 10.2 Å². The van der Waals surface area contributed by atoms with Crippen LogP contribution < -0.4 is 10.2 Å². The van der Waals surface area contributed by atoms with Gasteiger partial charge in [-0.3, -0.25) is 4.98 Å². The minimum atomic E-state index is 0.0988. The van der Waals surface area contributed by atoms with Crippen molar-refractivity contribution in [2.45, 2.75) is 39.8 Å². The number of para-hydroxylation sites is 1. The zero-order valence-corrected chi connectivity index (χ0v) is 13.4. The number of rotatable bonds is 5. The molecule has 0 saturated heterocycles. The summed E-state index contributed by atoms with van der Waals surface area (Å²) in [5.74, 6) is 0. The minimum Gasteiger partial charge on any atom is -0.342 e. The molecular weight excluding hydrogens is 258 g/mol. The summed E-state index contributed by atoms with van der Waals surface area (Å²) >= 11 is 0. The van der Waals surface area contributed by atoms with Crippen LogP contribution >= 0.6 is 0 Å². The van der Waals surface area contributed by atoms with Gasteiger partial charge in [0.2, 0.25) is 0 Å². The molecule has 0 atom stereocenters. The van der Waals surface area contributed by atoms with Crippen LogP contribution in [-0.4, -0.2) is 17.1 Å². The first-order valence-electron chi connectivity index (χ1n) is 7.52. The molecule has 0 amide bonds. The normalized spacial score (nSPS) is 11.4. The average Bonchev–Trinajstić information content (AvgIpc) is 2.47. The summed E-state index contributed by atoms with van der Waals surface area (Å²) in [5, 5.41) is 3.48. The van der Waals surface area contributed by atoms with Crippen LogP contribution in [0.2, 0.25) is 0 Å². The number of nitrogens with one attached hydrogen (secondary N) is 1. The van der Waals surface area contributed by atoms with Gasteiger partial charge in [0.1, 0.15) is 0 Å². The van der Waals surface area contributed by atoms with Gasteiger partial charge in [0, 0.05) is 36.2 Å². The van der Waals surface area contributed by atoms with E-state index in [-0.39, 0.29) is 5.54 Å². The second kappa shape index (κ2) is 6.72. The first kappa shape index (κ1) is 15.5. The largest absolute Gasteiger partial charge is 0.342 e.